The van der Waals surface area contributed by atoms with Gasteiger partial charge in [0, 0.05) is 23.6 Å². The second kappa shape index (κ2) is 8.93. The van der Waals surface area contributed by atoms with Gasteiger partial charge >= 0.3 is 0 Å². The third-order valence-electron chi connectivity index (χ3n) is 3.78. The third-order valence-corrected chi connectivity index (χ3v) is 5.16. The molecule has 22 heavy (non-hydrogen) atoms. The summed E-state index contributed by atoms with van der Waals surface area (Å²) in [5, 5.41) is 3.73. The Morgan fingerprint density at radius 2 is 2.09 bits per heavy atom. The summed E-state index contributed by atoms with van der Waals surface area (Å²) in [6.45, 7) is 2.46. The van der Waals surface area contributed by atoms with Gasteiger partial charge in [-0.1, -0.05) is 18.9 Å². The maximum Gasteiger partial charge on any atom is 0.260 e. The predicted octanol–water partition coefficient (Wildman–Crippen LogP) is 3.25. The van der Waals surface area contributed by atoms with Crippen molar-refractivity contribution in [2.24, 2.45) is 0 Å². The van der Waals surface area contributed by atoms with Gasteiger partial charge in [0.1, 0.15) is 11.5 Å². The van der Waals surface area contributed by atoms with Gasteiger partial charge in [-0.15, -0.1) is 0 Å². The predicted molar refractivity (Wildman–Crippen MR) is 90.8 cm³/mol. The summed E-state index contributed by atoms with van der Waals surface area (Å²) in [4.78, 5) is 12.0. The molecule has 0 saturated heterocycles. The van der Waals surface area contributed by atoms with Gasteiger partial charge in [0.25, 0.3) is 5.91 Å². The van der Waals surface area contributed by atoms with Gasteiger partial charge in [-0.25, -0.2) is 0 Å². The van der Waals surface area contributed by atoms with Crippen LogP contribution in [0, 0.1) is 0 Å². The monoisotopic (exact) mass is 323 g/mol. The highest BCUT2D eigenvalue weighted by molar-refractivity contribution is 7.99. The maximum atomic E-state index is 12.0. The molecule has 1 N–H and O–H groups in total. The molecule has 1 aliphatic carbocycles. The molecule has 1 aliphatic rings. The van der Waals surface area contributed by atoms with E-state index in [4.69, 9.17) is 9.47 Å². The largest absolute Gasteiger partial charge is 0.497 e. The van der Waals surface area contributed by atoms with E-state index in [0.717, 1.165) is 16.8 Å². The number of amides is 1. The molecule has 4 nitrogen and oxygen atoms in total. The number of methoxy groups -OCH3 is 1. The molecule has 1 aromatic rings. The molecule has 1 fully saturated rings. The zero-order chi connectivity index (χ0) is 15.8. The van der Waals surface area contributed by atoms with E-state index < -0.39 is 6.10 Å². The Bertz CT molecular complexity index is 475. The van der Waals surface area contributed by atoms with E-state index in [9.17, 15) is 4.79 Å². The highest BCUT2D eigenvalue weighted by atomic mass is 32.2. The molecule has 122 valence electrons. The number of benzene rings is 1. The van der Waals surface area contributed by atoms with Crippen molar-refractivity contribution < 1.29 is 14.3 Å². The molecular weight excluding hydrogens is 298 g/mol. The summed E-state index contributed by atoms with van der Waals surface area (Å²) in [6, 6.07) is 7.29. The number of thioether (sulfide) groups is 1. The van der Waals surface area contributed by atoms with E-state index in [2.05, 4.69) is 5.32 Å². The van der Waals surface area contributed by atoms with Crippen LogP contribution >= 0.6 is 11.8 Å². The number of nitrogens with one attached hydrogen (secondary N) is 1. The lowest BCUT2D eigenvalue weighted by molar-refractivity contribution is -0.127. The Morgan fingerprint density at radius 1 is 1.36 bits per heavy atom. The molecule has 0 bridgehead atoms. The van der Waals surface area contributed by atoms with Gasteiger partial charge < -0.3 is 14.8 Å². The fraction of sp³-hybridized carbons (Fsp3) is 0.588. The van der Waals surface area contributed by atoms with Crippen LogP contribution < -0.4 is 14.8 Å². The Morgan fingerprint density at radius 3 is 2.82 bits per heavy atom. The van der Waals surface area contributed by atoms with Gasteiger partial charge in [-0.2, -0.15) is 11.8 Å². The molecule has 1 saturated carbocycles. The van der Waals surface area contributed by atoms with E-state index in [0.29, 0.717) is 12.3 Å². The van der Waals surface area contributed by atoms with E-state index in [-0.39, 0.29) is 5.91 Å². The fourth-order valence-corrected chi connectivity index (χ4v) is 3.75. The molecule has 1 atom stereocenters. The molecule has 0 radical (unpaired) electrons. The number of rotatable bonds is 8. The highest BCUT2D eigenvalue weighted by Gasteiger charge is 2.16. The minimum Gasteiger partial charge on any atom is -0.497 e. The van der Waals surface area contributed by atoms with Gasteiger partial charge in [-0.3, -0.25) is 4.79 Å². The van der Waals surface area contributed by atoms with Crippen molar-refractivity contribution in [3.8, 4) is 11.5 Å². The van der Waals surface area contributed by atoms with Crippen molar-refractivity contribution in [3.05, 3.63) is 24.3 Å². The van der Waals surface area contributed by atoms with E-state index in [1.165, 1.54) is 25.7 Å². The van der Waals surface area contributed by atoms with E-state index in [1.807, 2.05) is 30.0 Å². The number of hydrogen-bond acceptors (Lipinski definition) is 4. The Kier molecular flexibility index (Phi) is 6.90. The molecule has 1 aromatic carbocycles. The number of carbonyl (C=O) groups excluding carboxylic acids is 1. The van der Waals surface area contributed by atoms with Crippen LogP contribution in [0.25, 0.3) is 0 Å². The van der Waals surface area contributed by atoms with Crippen LogP contribution in [0.1, 0.15) is 32.6 Å². The Balaban J connectivity index is 1.67. The van der Waals surface area contributed by atoms with Crippen LogP contribution in [-0.2, 0) is 4.79 Å². The molecule has 2 rings (SSSR count). The minimum atomic E-state index is -0.511. The first kappa shape index (κ1) is 17.0. The molecule has 5 heteroatoms. The van der Waals surface area contributed by atoms with Crippen molar-refractivity contribution >= 4 is 17.7 Å². The minimum absolute atomic E-state index is 0.0742. The number of carbonyl (C=O) groups is 1. The average Bonchev–Trinajstić information content (AvgIpc) is 3.04. The maximum absolute atomic E-state index is 12.0. The lowest BCUT2D eigenvalue weighted by Crippen LogP contribution is -2.37. The SMILES string of the molecule is COc1cccc(OC(C)C(=O)NCCSC2CCCC2)c1. The van der Waals surface area contributed by atoms with Crippen LogP contribution in [0.4, 0.5) is 0 Å². The highest BCUT2D eigenvalue weighted by Crippen LogP contribution is 2.28. The van der Waals surface area contributed by atoms with Crippen LogP contribution in [0.5, 0.6) is 11.5 Å². The van der Waals surface area contributed by atoms with Crippen LogP contribution in [0.15, 0.2) is 24.3 Å². The van der Waals surface area contributed by atoms with E-state index >= 15 is 0 Å². The quantitative estimate of drug-likeness (QED) is 0.746. The van der Waals surface area contributed by atoms with Crippen LogP contribution in [-0.4, -0.2) is 36.7 Å². The van der Waals surface area contributed by atoms with Gasteiger partial charge in [0.15, 0.2) is 6.10 Å². The van der Waals surface area contributed by atoms with Crippen molar-refractivity contribution in [1.29, 1.82) is 0 Å². The molecule has 1 amide bonds. The van der Waals surface area contributed by atoms with Crippen LogP contribution in [0.2, 0.25) is 0 Å². The van der Waals surface area contributed by atoms with Crippen molar-refractivity contribution in [3.63, 3.8) is 0 Å². The van der Waals surface area contributed by atoms with Gasteiger partial charge in [0.2, 0.25) is 0 Å². The average molecular weight is 323 g/mol. The molecule has 1 unspecified atom stereocenters. The Labute approximate surface area is 137 Å². The molecular formula is C17H25NO3S. The molecule has 0 heterocycles. The zero-order valence-electron chi connectivity index (χ0n) is 13.3. The van der Waals surface area contributed by atoms with Crippen molar-refractivity contribution in [2.45, 2.75) is 44.0 Å². The second-order valence-corrected chi connectivity index (χ2v) is 6.92. The first-order chi connectivity index (χ1) is 10.7. The molecule has 0 aromatic heterocycles. The second-order valence-electron chi connectivity index (χ2n) is 5.51. The van der Waals surface area contributed by atoms with Gasteiger partial charge in [-0.05, 0) is 31.9 Å². The van der Waals surface area contributed by atoms with Crippen LogP contribution in [0.3, 0.4) is 0 Å². The zero-order valence-corrected chi connectivity index (χ0v) is 14.2. The summed E-state index contributed by atoms with van der Waals surface area (Å²) in [6.07, 6.45) is 4.86. The first-order valence-corrected chi connectivity index (χ1v) is 8.94. The molecule has 0 spiro atoms. The smallest absolute Gasteiger partial charge is 0.260 e. The number of hydrogen-bond donors (Lipinski definition) is 1. The summed E-state index contributed by atoms with van der Waals surface area (Å²) in [5.74, 6) is 2.26. The van der Waals surface area contributed by atoms with Gasteiger partial charge in [0.05, 0.1) is 7.11 Å². The standard InChI is InChI=1S/C17H25NO3S/c1-13(21-15-7-5-6-14(12-15)20-2)17(19)18-10-11-22-16-8-3-4-9-16/h5-7,12-13,16H,3-4,8-11H2,1-2H3,(H,18,19). The summed E-state index contributed by atoms with van der Waals surface area (Å²) in [5.41, 5.74) is 0. The van der Waals surface area contributed by atoms with E-state index in [1.54, 1.807) is 20.1 Å². The lowest BCUT2D eigenvalue weighted by Gasteiger charge is -2.15. The summed E-state index contributed by atoms with van der Waals surface area (Å²) >= 11 is 1.97. The van der Waals surface area contributed by atoms with Crippen molar-refractivity contribution in [1.82, 2.24) is 5.32 Å². The Hall–Kier alpha value is -1.36. The first-order valence-electron chi connectivity index (χ1n) is 7.89. The topological polar surface area (TPSA) is 47.6 Å². The summed E-state index contributed by atoms with van der Waals surface area (Å²) in [7, 11) is 1.61. The third kappa shape index (κ3) is 5.44. The fourth-order valence-electron chi connectivity index (χ4n) is 2.53. The lowest BCUT2D eigenvalue weighted by atomic mass is 10.3. The normalized spacial score (nSPS) is 16.3. The van der Waals surface area contributed by atoms with Crippen molar-refractivity contribution in [2.75, 3.05) is 19.4 Å². The summed E-state index contributed by atoms with van der Waals surface area (Å²) < 4.78 is 10.8. The molecule has 0 aliphatic heterocycles. The number of ether oxygens (including phenoxy) is 2.